The molecular formula is C19H17ClN2O3. The number of ether oxygens (including phenoxy) is 1. The van der Waals surface area contributed by atoms with Crippen LogP contribution in [0.3, 0.4) is 0 Å². The fourth-order valence-electron chi connectivity index (χ4n) is 2.26. The monoisotopic (exact) mass is 356 g/mol. The third-order valence-electron chi connectivity index (χ3n) is 3.68. The van der Waals surface area contributed by atoms with E-state index in [1.54, 1.807) is 24.3 Å². The zero-order valence-corrected chi connectivity index (χ0v) is 14.5. The highest BCUT2D eigenvalue weighted by atomic mass is 35.5. The number of aromatic nitrogens is 2. The summed E-state index contributed by atoms with van der Waals surface area (Å²) in [6.45, 7) is 2.10. The van der Waals surface area contributed by atoms with Crippen LogP contribution in [-0.4, -0.2) is 16.1 Å². The van der Waals surface area contributed by atoms with Gasteiger partial charge in [0.05, 0.1) is 6.42 Å². The van der Waals surface area contributed by atoms with Gasteiger partial charge in [0.25, 0.3) is 0 Å². The summed E-state index contributed by atoms with van der Waals surface area (Å²) in [4.78, 5) is 16.2. The first-order valence-electron chi connectivity index (χ1n) is 8.02. The normalized spacial score (nSPS) is 10.6. The van der Waals surface area contributed by atoms with E-state index in [1.807, 2.05) is 24.3 Å². The Morgan fingerprint density at radius 2 is 1.84 bits per heavy atom. The molecule has 25 heavy (non-hydrogen) atoms. The van der Waals surface area contributed by atoms with E-state index in [4.69, 9.17) is 20.9 Å². The number of nitrogens with zero attached hydrogens (tertiary/aromatic N) is 2. The van der Waals surface area contributed by atoms with Crippen LogP contribution in [0.4, 0.5) is 0 Å². The molecule has 2 aromatic carbocycles. The van der Waals surface area contributed by atoms with Gasteiger partial charge >= 0.3 is 5.97 Å². The molecule has 0 atom stereocenters. The Morgan fingerprint density at radius 1 is 1.12 bits per heavy atom. The van der Waals surface area contributed by atoms with Crippen molar-refractivity contribution < 1.29 is 14.1 Å². The van der Waals surface area contributed by atoms with Gasteiger partial charge in [-0.05, 0) is 36.2 Å². The fourth-order valence-corrected chi connectivity index (χ4v) is 2.38. The molecule has 0 saturated heterocycles. The molecule has 5 nitrogen and oxygen atoms in total. The predicted octanol–water partition coefficient (Wildman–Crippen LogP) is 4.49. The van der Waals surface area contributed by atoms with Crippen LogP contribution in [0.1, 0.15) is 24.8 Å². The zero-order chi connectivity index (χ0) is 17.6. The number of benzene rings is 2. The standard InChI is InChI=1S/C19H17ClN2O3/c1-2-13-3-5-14(6-4-13)19-21-17(25-22-19)11-12-18(23)24-16-9-7-15(20)8-10-16/h3-10H,2,11-12H2,1H3. The van der Waals surface area contributed by atoms with Gasteiger partial charge in [-0.1, -0.05) is 47.9 Å². The molecule has 0 spiro atoms. The van der Waals surface area contributed by atoms with Crippen LogP contribution in [0.2, 0.25) is 5.02 Å². The van der Waals surface area contributed by atoms with Gasteiger partial charge < -0.3 is 9.26 Å². The van der Waals surface area contributed by atoms with Gasteiger partial charge in [0.1, 0.15) is 5.75 Å². The Morgan fingerprint density at radius 3 is 2.52 bits per heavy atom. The third kappa shape index (κ3) is 4.67. The summed E-state index contributed by atoms with van der Waals surface area (Å²) >= 11 is 5.79. The van der Waals surface area contributed by atoms with Crippen molar-refractivity contribution in [2.24, 2.45) is 0 Å². The molecule has 0 aliphatic heterocycles. The number of hydrogen-bond donors (Lipinski definition) is 0. The van der Waals surface area contributed by atoms with Crippen LogP contribution in [-0.2, 0) is 17.6 Å². The van der Waals surface area contributed by atoms with Crippen molar-refractivity contribution in [3.05, 3.63) is 65.0 Å². The molecule has 3 aromatic rings. The van der Waals surface area contributed by atoms with Crippen molar-refractivity contribution in [2.75, 3.05) is 0 Å². The minimum atomic E-state index is -0.366. The number of esters is 1. The summed E-state index contributed by atoms with van der Waals surface area (Å²) < 4.78 is 10.4. The van der Waals surface area contributed by atoms with Gasteiger partial charge in [-0.2, -0.15) is 4.98 Å². The van der Waals surface area contributed by atoms with Gasteiger partial charge in [-0.25, -0.2) is 0 Å². The molecule has 128 valence electrons. The first kappa shape index (κ1) is 17.2. The van der Waals surface area contributed by atoms with Crippen LogP contribution in [0.5, 0.6) is 5.75 Å². The molecule has 0 aliphatic rings. The van der Waals surface area contributed by atoms with Crippen LogP contribution in [0, 0.1) is 0 Å². The molecule has 0 amide bonds. The van der Waals surface area contributed by atoms with Gasteiger partial charge in [-0.3, -0.25) is 4.79 Å². The van der Waals surface area contributed by atoms with Crippen molar-refractivity contribution >= 4 is 17.6 Å². The molecule has 0 N–H and O–H groups in total. The number of rotatable bonds is 6. The number of halogens is 1. The smallest absolute Gasteiger partial charge is 0.311 e. The van der Waals surface area contributed by atoms with Crippen LogP contribution in [0.15, 0.2) is 53.1 Å². The van der Waals surface area contributed by atoms with Crippen molar-refractivity contribution in [1.82, 2.24) is 10.1 Å². The molecule has 0 saturated carbocycles. The molecule has 1 heterocycles. The molecule has 0 radical (unpaired) electrons. The summed E-state index contributed by atoms with van der Waals surface area (Å²) in [7, 11) is 0. The van der Waals surface area contributed by atoms with Crippen molar-refractivity contribution in [3.8, 4) is 17.1 Å². The maximum Gasteiger partial charge on any atom is 0.311 e. The first-order chi connectivity index (χ1) is 12.1. The quantitative estimate of drug-likeness (QED) is 0.481. The molecule has 0 bridgehead atoms. The second-order valence-corrected chi connectivity index (χ2v) is 5.93. The van der Waals surface area contributed by atoms with Gasteiger partial charge in [0, 0.05) is 17.0 Å². The lowest BCUT2D eigenvalue weighted by Crippen LogP contribution is -2.09. The number of hydrogen-bond acceptors (Lipinski definition) is 5. The van der Waals surface area contributed by atoms with Crippen LogP contribution >= 0.6 is 11.6 Å². The SMILES string of the molecule is CCc1ccc(-c2noc(CCC(=O)Oc3ccc(Cl)cc3)n2)cc1. The lowest BCUT2D eigenvalue weighted by Gasteiger charge is -2.02. The number of carbonyl (C=O) groups is 1. The van der Waals surface area contributed by atoms with Crippen LogP contribution < -0.4 is 4.74 Å². The molecule has 0 unspecified atom stereocenters. The minimum absolute atomic E-state index is 0.152. The predicted molar refractivity (Wildman–Crippen MR) is 94.5 cm³/mol. The van der Waals surface area contributed by atoms with Gasteiger partial charge in [0.15, 0.2) is 0 Å². The zero-order valence-electron chi connectivity index (χ0n) is 13.7. The summed E-state index contributed by atoms with van der Waals surface area (Å²) in [5.74, 6) is 1.01. The number of carbonyl (C=O) groups excluding carboxylic acids is 1. The molecule has 6 heteroatoms. The fraction of sp³-hybridized carbons (Fsp3) is 0.211. The van der Waals surface area contributed by atoms with Gasteiger partial charge in [0.2, 0.25) is 11.7 Å². The molecule has 3 rings (SSSR count). The average molecular weight is 357 g/mol. The largest absolute Gasteiger partial charge is 0.427 e. The Hall–Kier alpha value is -2.66. The second-order valence-electron chi connectivity index (χ2n) is 5.49. The topological polar surface area (TPSA) is 65.2 Å². The summed E-state index contributed by atoms with van der Waals surface area (Å²) in [6, 6.07) is 14.6. The van der Waals surface area contributed by atoms with E-state index in [1.165, 1.54) is 5.56 Å². The van der Waals surface area contributed by atoms with E-state index in [9.17, 15) is 4.79 Å². The number of aryl methyl sites for hydroxylation is 2. The van der Waals surface area contributed by atoms with E-state index < -0.39 is 0 Å². The summed E-state index contributed by atoms with van der Waals surface area (Å²) in [6.07, 6.45) is 1.46. The summed E-state index contributed by atoms with van der Waals surface area (Å²) in [5, 5.41) is 4.55. The molecule has 0 fully saturated rings. The van der Waals surface area contributed by atoms with E-state index in [-0.39, 0.29) is 12.4 Å². The second kappa shape index (κ2) is 7.94. The summed E-state index contributed by atoms with van der Waals surface area (Å²) in [5.41, 5.74) is 2.13. The maximum absolute atomic E-state index is 11.9. The molecular weight excluding hydrogens is 340 g/mol. The highest BCUT2D eigenvalue weighted by molar-refractivity contribution is 6.30. The lowest BCUT2D eigenvalue weighted by atomic mass is 10.1. The molecule has 0 aliphatic carbocycles. The Labute approximate surface area is 150 Å². The molecule has 1 aromatic heterocycles. The van der Waals surface area contributed by atoms with E-state index in [0.29, 0.717) is 28.9 Å². The highest BCUT2D eigenvalue weighted by Crippen LogP contribution is 2.18. The van der Waals surface area contributed by atoms with E-state index in [0.717, 1.165) is 12.0 Å². The maximum atomic E-state index is 11.9. The first-order valence-corrected chi connectivity index (χ1v) is 8.40. The average Bonchev–Trinajstić information content (AvgIpc) is 3.11. The lowest BCUT2D eigenvalue weighted by molar-refractivity contribution is -0.134. The third-order valence-corrected chi connectivity index (χ3v) is 3.93. The highest BCUT2D eigenvalue weighted by Gasteiger charge is 2.12. The van der Waals surface area contributed by atoms with Crippen molar-refractivity contribution in [3.63, 3.8) is 0 Å². The Kier molecular flexibility index (Phi) is 5.46. The Balaban J connectivity index is 1.55. The van der Waals surface area contributed by atoms with Crippen LogP contribution in [0.25, 0.3) is 11.4 Å². The van der Waals surface area contributed by atoms with Crippen molar-refractivity contribution in [2.45, 2.75) is 26.2 Å². The minimum Gasteiger partial charge on any atom is -0.427 e. The van der Waals surface area contributed by atoms with E-state index in [2.05, 4.69) is 17.1 Å². The van der Waals surface area contributed by atoms with Gasteiger partial charge in [-0.15, -0.1) is 0 Å². The van der Waals surface area contributed by atoms with E-state index >= 15 is 0 Å². The van der Waals surface area contributed by atoms with Crippen molar-refractivity contribution in [1.29, 1.82) is 0 Å². The Bertz CT molecular complexity index is 842.